The van der Waals surface area contributed by atoms with Gasteiger partial charge in [-0.3, -0.25) is 9.59 Å². The summed E-state index contributed by atoms with van der Waals surface area (Å²) in [5.74, 6) is -0.0979. The summed E-state index contributed by atoms with van der Waals surface area (Å²) in [5, 5.41) is 3.87. The Hall–Kier alpha value is -4.33. The van der Waals surface area contributed by atoms with Gasteiger partial charge in [-0.2, -0.15) is 0 Å². The maximum atomic E-state index is 13.6. The summed E-state index contributed by atoms with van der Waals surface area (Å²) in [6.45, 7) is 2.13. The molecule has 8 heteroatoms. The van der Waals surface area contributed by atoms with Crippen molar-refractivity contribution in [2.45, 2.75) is 32.0 Å². The van der Waals surface area contributed by atoms with Crippen molar-refractivity contribution in [3.63, 3.8) is 0 Å². The number of hydrogen-bond acceptors (Lipinski definition) is 4. The number of rotatable bonds is 4. The molecule has 0 bridgehead atoms. The standard InChI is InChI=1S/C26H22N4O4/c1-15-23-19(17-8-2-4-10-20(17)28-23)13-22-25(32)30(26(33)29(15)22)21-11-5-3-9-18(21)24(31)27-14-16-7-6-12-34-16/h2-12,15,22,28H,13-14H2,1H3,(H,27,31). The van der Waals surface area contributed by atoms with E-state index in [1.807, 2.05) is 31.2 Å². The zero-order chi connectivity index (χ0) is 23.4. The molecule has 2 N–H and O–H groups in total. The van der Waals surface area contributed by atoms with E-state index in [4.69, 9.17) is 4.42 Å². The minimum Gasteiger partial charge on any atom is -0.467 e. The van der Waals surface area contributed by atoms with Crippen LogP contribution in [0.15, 0.2) is 71.3 Å². The van der Waals surface area contributed by atoms with Gasteiger partial charge in [0.25, 0.3) is 11.8 Å². The number of carbonyl (C=O) groups excluding carboxylic acids is 3. The minimum absolute atomic E-state index is 0.204. The molecular weight excluding hydrogens is 432 g/mol. The van der Waals surface area contributed by atoms with Crippen LogP contribution in [0.25, 0.3) is 10.9 Å². The molecule has 8 nitrogen and oxygen atoms in total. The van der Waals surface area contributed by atoms with Crippen LogP contribution in [0.3, 0.4) is 0 Å². The van der Waals surface area contributed by atoms with E-state index < -0.39 is 12.1 Å². The van der Waals surface area contributed by atoms with Gasteiger partial charge in [0, 0.05) is 23.0 Å². The van der Waals surface area contributed by atoms with E-state index in [2.05, 4.69) is 10.3 Å². The predicted octanol–water partition coefficient (Wildman–Crippen LogP) is 4.15. The number of amides is 4. The second-order valence-electron chi connectivity index (χ2n) is 8.60. The van der Waals surface area contributed by atoms with Gasteiger partial charge in [0.05, 0.1) is 30.1 Å². The third-order valence-electron chi connectivity index (χ3n) is 6.73. The number of hydrogen-bond donors (Lipinski definition) is 2. The van der Waals surface area contributed by atoms with Crippen LogP contribution in [0, 0.1) is 0 Å². The summed E-state index contributed by atoms with van der Waals surface area (Å²) in [6, 6.07) is 16.8. The molecule has 0 aliphatic carbocycles. The molecule has 0 radical (unpaired) electrons. The first-order valence-electron chi connectivity index (χ1n) is 11.2. The number of furan rings is 1. The largest absolute Gasteiger partial charge is 0.467 e. The zero-order valence-electron chi connectivity index (χ0n) is 18.4. The first-order chi connectivity index (χ1) is 16.5. The average molecular weight is 454 g/mol. The van der Waals surface area contributed by atoms with Crippen LogP contribution in [-0.4, -0.2) is 33.8 Å². The van der Waals surface area contributed by atoms with E-state index in [-0.39, 0.29) is 35.7 Å². The second-order valence-corrected chi connectivity index (χ2v) is 8.60. The number of fused-ring (bicyclic) bond motifs is 4. The summed E-state index contributed by atoms with van der Waals surface area (Å²) in [4.78, 5) is 46.3. The van der Waals surface area contributed by atoms with Crippen molar-refractivity contribution in [2.24, 2.45) is 0 Å². The SMILES string of the molecule is CC1c2[nH]c3ccccc3c2CC2C(=O)N(c3ccccc3C(=O)NCc3ccco3)C(=O)N21. The third kappa shape index (κ3) is 2.95. The fourth-order valence-electron chi connectivity index (χ4n) is 5.12. The Labute approximate surface area is 195 Å². The van der Waals surface area contributed by atoms with Crippen LogP contribution in [-0.2, 0) is 17.8 Å². The number of H-pyrrole nitrogens is 1. The topological polar surface area (TPSA) is 98.6 Å². The monoisotopic (exact) mass is 454 g/mol. The number of urea groups is 1. The number of aromatic amines is 1. The van der Waals surface area contributed by atoms with Crippen LogP contribution in [0.5, 0.6) is 0 Å². The summed E-state index contributed by atoms with van der Waals surface area (Å²) in [6.07, 6.45) is 1.96. The van der Waals surface area contributed by atoms with E-state index in [1.165, 1.54) is 6.26 Å². The van der Waals surface area contributed by atoms with Crippen molar-refractivity contribution in [3.05, 3.63) is 89.5 Å². The average Bonchev–Trinajstić information content (AvgIpc) is 3.56. The van der Waals surface area contributed by atoms with Gasteiger partial charge in [-0.25, -0.2) is 9.69 Å². The van der Waals surface area contributed by atoms with Gasteiger partial charge < -0.3 is 19.6 Å². The number of aromatic nitrogens is 1. The lowest BCUT2D eigenvalue weighted by Crippen LogP contribution is -2.42. The maximum absolute atomic E-state index is 13.6. The van der Waals surface area contributed by atoms with Gasteiger partial charge in [0.15, 0.2) is 0 Å². The van der Waals surface area contributed by atoms with Gasteiger partial charge in [-0.15, -0.1) is 0 Å². The highest BCUT2D eigenvalue weighted by Crippen LogP contribution is 2.42. The first-order valence-corrected chi connectivity index (χ1v) is 11.2. The Morgan fingerprint density at radius 1 is 1.09 bits per heavy atom. The molecule has 1 fully saturated rings. The van der Waals surface area contributed by atoms with Gasteiger partial charge in [-0.05, 0) is 42.8 Å². The molecule has 6 rings (SSSR count). The van der Waals surface area contributed by atoms with Crippen molar-refractivity contribution in [3.8, 4) is 0 Å². The number of benzene rings is 2. The molecule has 2 atom stereocenters. The fraction of sp³-hybridized carbons (Fsp3) is 0.192. The molecule has 0 saturated carbocycles. The number of imide groups is 1. The number of nitrogens with one attached hydrogen (secondary N) is 2. The van der Waals surface area contributed by atoms with Gasteiger partial charge in [0.1, 0.15) is 11.8 Å². The van der Waals surface area contributed by atoms with Gasteiger partial charge in [0.2, 0.25) is 0 Å². The molecule has 2 aromatic heterocycles. The van der Waals surface area contributed by atoms with Crippen LogP contribution in [0.1, 0.15) is 40.3 Å². The molecule has 2 unspecified atom stereocenters. The quantitative estimate of drug-likeness (QED) is 0.453. The predicted molar refractivity (Wildman–Crippen MR) is 125 cm³/mol. The fourth-order valence-corrected chi connectivity index (χ4v) is 5.12. The summed E-state index contributed by atoms with van der Waals surface area (Å²) < 4.78 is 5.27. The Morgan fingerprint density at radius 3 is 2.71 bits per heavy atom. The van der Waals surface area contributed by atoms with Crippen molar-refractivity contribution in [1.82, 2.24) is 15.2 Å². The van der Waals surface area contributed by atoms with Crippen LogP contribution in [0.4, 0.5) is 10.5 Å². The molecule has 4 aromatic rings. The van der Waals surface area contributed by atoms with Crippen molar-refractivity contribution in [2.75, 3.05) is 4.90 Å². The molecule has 4 heterocycles. The van der Waals surface area contributed by atoms with Gasteiger partial charge in [-0.1, -0.05) is 30.3 Å². The van der Waals surface area contributed by atoms with Crippen molar-refractivity contribution >= 4 is 34.4 Å². The lowest BCUT2D eigenvalue weighted by Gasteiger charge is -2.33. The Kier molecular flexibility index (Phi) is 4.55. The van der Waals surface area contributed by atoms with E-state index >= 15 is 0 Å². The van der Waals surface area contributed by atoms with Crippen LogP contribution < -0.4 is 10.2 Å². The van der Waals surface area contributed by atoms with E-state index in [1.54, 1.807) is 41.3 Å². The molecule has 2 aliphatic heterocycles. The zero-order valence-corrected chi connectivity index (χ0v) is 18.4. The molecule has 34 heavy (non-hydrogen) atoms. The molecule has 4 amide bonds. The lowest BCUT2D eigenvalue weighted by atomic mass is 9.93. The summed E-state index contributed by atoms with van der Waals surface area (Å²) in [7, 11) is 0. The van der Waals surface area contributed by atoms with Gasteiger partial charge >= 0.3 is 6.03 Å². The summed E-state index contributed by atoms with van der Waals surface area (Å²) >= 11 is 0. The second kappa shape index (κ2) is 7.62. The third-order valence-corrected chi connectivity index (χ3v) is 6.73. The van der Waals surface area contributed by atoms with Crippen LogP contribution >= 0.6 is 0 Å². The van der Waals surface area contributed by atoms with Crippen LogP contribution in [0.2, 0.25) is 0 Å². The highest BCUT2D eigenvalue weighted by Gasteiger charge is 2.52. The summed E-state index contributed by atoms with van der Waals surface area (Å²) in [5.41, 5.74) is 3.55. The van der Waals surface area contributed by atoms with E-state index in [0.717, 1.165) is 27.1 Å². The smallest absolute Gasteiger partial charge is 0.332 e. The van der Waals surface area contributed by atoms with Crippen molar-refractivity contribution in [1.29, 1.82) is 0 Å². The number of para-hydroxylation sites is 2. The minimum atomic E-state index is -0.617. The van der Waals surface area contributed by atoms with E-state index in [0.29, 0.717) is 12.2 Å². The van der Waals surface area contributed by atoms with Crippen molar-refractivity contribution < 1.29 is 18.8 Å². The molecule has 2 aliphatic rings. The molecule has 2 aromatic carbocycles. The lowest BCUT2D eigenvalue weighted by molar-refractivity contribution is -0.120. The molecular formula is C26H22N4O4. The molecule has 1 saturated heterocycles. The first kappa shape index (κ1) is 20.3. The highest BCUT2D eigenvalue weighted by molar-refractivity contribution is 6.24. The Bertz CT molecular complexity index is 1440. The normalized spacial score (nSPS) is 19.4. The number of carbonyl (C=O) groups is 3. The number of anilines is 1. The Balaban J connectivity index is 1.33. The highest BCUT2D eigenvalue weighted by atomic mass is 16.3. The molecule has 0 spiro atoms. The number of nitrogens with zero attached hydrogens (tertiary/aromatic N) is 2. The van der Waals surface area contributed by atoms with E-state index in [9.17, 15) is 14.4 Å². The molecule has 170 valence electrons. The maximum Gasteiger partial charge on any atom is 0.332 e. The Morgan fingerprint density at radius 2 is 1.88 bits per heavy atom.